The van der Waals surface area contributed by atoms with E-state index in [9.17, 15) is 9.59 Å². The predicted octanol–water partition coefficient (Wildman–Crippen LogP) is 1.95. The summed E-state index contributed by atoms with van der Waals surface area (Å²) in [5.41, 5.74) is 0.568. The van der Waals surface area contributed by atoms with Crippen LogP contribution in [0.25, 0.3) is 0 Å². The average molecular weight is 342 g/mol. The van der Waals surface area contributed by atoms with Crippen LogP contribution in [0, 0.1) is 13.8 Å². The second-order valence-electron chi connectivity index (χ2n) is 6.39. The summed E-state index contributed by atoms with van der Waals surface area (Å²) in [5.74, 6) is 2.02. The SMILES string of the molecule is CC(=O)c1cccc(OC(C)C(=O)N2CC(n3nc(C)nc3C)C2)c1. The number of aromatic nitrogens is 3. The molecule has 0 saturated carbocycles. The molecule has 7 heteroatoms. The fourth-order valence-corrected chi connectivity index (χ4v) is 2.97. The van der Waals surface area contributed by atoms with Crippen molar-refractivity contribution < 1.29 is 14.3 Å². The van der Waals surface area contributed by atoms with Crippen molar-refractivity contribution in [3.8, 4) is 5.75 Å². The Bertz CT molecular complexity index is 808. The lowest BCUT2D eigenvalue weighted by atomic mass is 10.1. The zero-order valence-corrected chi connectivity index (χ0v) is 14.9. The monoisotopic (exact) mass is 342 g/mol. The summed E-state index contributed by atoms with van der Waals surface area (Å²) < 4.78 is 7.59. The Balaban J connectivity index is 1.58. The topological polar surface area (TPSA) is 77.3 Å². The number of Topliss-reactive ketones (excluding diaryl/α,β-unsaturated/α-hetero) is 1. The number of rotatable bonds is 5. The highest BCUT2D eigenvalue weighted by atomic mass is 16.5. The third-order valence-corrected chi connectivity index (χ3v) is 4.33. The van der Waals surface area contributed by atoms with E-state index in [-0.39, 0.29) is 17.7 Å². The first-order valence-electron chi connectivity index (χ1n) is 8.31. The molecule has 25 heavy (non-hydrogen) atoms. The molecule has 1 fully saturated rings. The van der Waals surface area contributed by atoms with E-state index in [0.29, 0.717) is 24.4 Å². The molecule has 0 radical (unpaired) electrons. The maximum atomic E-state index is 12.5. The number of hydrogen-bond acceptors (Lipinski definition) is 5. The van der Waals surface area contributed by atoms with Gasteiger partial charge in [0.15, 0.2) is 11.9 Å². The van der Waals surface area contributed by atoms with E-state index < -0.39 is 6.10 Å². The molecule has 132 valence electrons. The van der Waals surface area contributed by atoms with Crippen molar-refractivity contribution in [2.24, 2.45) is 0 Å². The number of carbonyl (C=O) groups excluding carboxylic acids is 2. The van der Waals surface area contributed by atoms with Gasteiger partial charge in [0.1, 0.15) is 17.4 Å². The lowest BCUT2D eigenvalue weighted by molar-refractivity contribution is -0.144. The van der Waals surface area contributed by atoms with E-state index in [1.165, 1.54) is 6.92 Å². The summed E-state index contributed by atoms with van der Waals surface area (Å²) in [7, 11) is 0. The number of benzene rings is 1. The Hall–Kier alpha value is -2.70. The van der Waals surface area contributed by atoms with E-state index in [1.807, 2.05) is 18.5 Å². The number of nitrogens with zero attached hydrogens (tertiary/aromatic N) is 4. The van der Waals surface area contributed by atoms with Gasteiger partial charge in [-0.1, -0.05) is 12.1 Å². The first-order chi connectivity index (χ1) is 11.8. The molecular weight excluding hydrogens is 320 g/mol. The van der Waals surface area contributed by atoms with Crippen molar-refractivity contribution >= 4 is 11.7 Å². The molecule has 1 aromatic heterocycles. The molecule has 7 nitrogen and oxygen atoms in total. The molecule has 1 atom stereocenters. The first-order valence-corrected chi connectivity index (χ1v) is 8.31. The van der Waals surface area contributed by atoms with Gasteiger partial charge in [-0.05, 0) is 39.8 Å². The molecule has 1 amide bonds. The third kappa shape index (κ3) is 3.55. The molecule has 0 aliphatic carbocycles. The normalized spacial score (nSPS) is 15.6. The van der Waals surface area contributed by atoms with Gasteiger partial charge < -0.3 is 9.64 Å². The van der Waals surface area contributed by atoms with Crippen molar-refractivity contribution in [2.45, 2.75) is 39.8 Å². The quantitative estimate of drug-likeness (QED) is 0.776. The molecule has 1 aromatic carbocycles. The van der Waals surface area contributed by atoms with Crippen LogP contribution < -0.4 is 4.74 Å². The Morgan fingerprint density at radius 1 is 1.28 bits per heavy atom. The average Bonchev–Trinajstić information content (AvgIpc) is 2.84. The van der Waals surface area contributed by atoms with Crippen molar-refractivity contribution in [3.05, 3.63) is 41.5 Å². The van der Waals surface area contributed by atoms with Gasteiger partial charge in [0.2, 0.25) is 0 Å². The maximum Gasteiger partial charge on any atom is 0.263 e. The summed E-state index contributed by atoms with van der Waals surface area (Å²) in [6.45, 7) is 8.20. The smallest absolute Gasteiger partial charge is 0.263 e. The van der Waals surface area contributed by atoms with Crippen LogP contribution in [-0.4, -0.2) is 50.5 Å². The molecule has 2 heterocycles. The Morgan fingerprint density at radius 2 is 2.00 bits per heavy atom. The van der Waals surface area contributed by atoms with Crippen LogP contribution in [0.1, 0.15) is 41.9 Å². The molecule has 0 bridgehead atoms. The third-order valence-electron chi connectivity index (χ3n) is 4.33. The molecule has 2 aromatic rings. The first kappa shape index (κ1) is 17.1. The molecular formula is C18H22N4O3. The van der Waals surface area contributed by atoms with Crippen molar-refractivity contribution in [2.75, 3.05) is 13.1 Å². The predicted molar refractivity (Wildman–Crippen MR) is 91.6 cm³/mol. The minimum absolute atomic E-state index is 0.0338. The zero-order chi connectivity index (χ0) is 18.1. The number of aryl methyl sites for hydroxylation is 2. The molecule has 0 spiro atoms. The minimum Gasteiger partial charge on any atom is -0.481 e. The van der Waals surface area contributed by atoms with Gasteiger partial charge in [0, 0.05) is 18.7 Å². The van der Waals surface area contributed by atoms with Crippen LogP contribution in [0.2, 0.25) is 0 Å². The maximum absolute atomic E-state index is 12.5. The number of likely N-dealkylation sites (tertiary alicyclic amines) is 1. The van der Waals surface area contributed by atoms with Gasteiger partial charge in [-0.25, -0.2) is 9.67 Å². The molecule has 1 aliphatic heterocycles. The van der Waals surface area contributed by atoms with Crippen LogP contribution in [0.5, 0.6) is 5.75 Å². The number of hydrogen-bond donors (Lipinski definition) is 0. The van der Waals surface area contributed by atoms with Gasteiger partial charge in [0.05, 0.1) is 6.04 Å². The van der Waals surface area contributed by atoms with Crippen LogP contribution in [0.15, 0.2) is 24.3 Å². The van der Waals surface area contributed by atoms with Crippen molar-refractivity contribution in [1.82, 2.24) is 19.7 Å². The zero-order valence-electron chi connectivity index (χ0n) is 14.9. The Morgan fingerprint density at radius 3 is 2.60 bits per heavy atom. The summed E-state index contributed by atoms with van der Waals surface area (Å²) in [4.78, 5) is 30.0. The number of ether oxygens (including phenoxy) is 1. The lowest BCUT2D eigenvalue weighted by Crippen LogP contribution is -2.54. The second kappa shape index (κ2) is 6.66. The van der Waals surface area contributed by atoms with E-state index in [1.54, 1.807) is 36.1 Å². The summed E-state index contributed by atoms with van der Waals surface area (Å²) in [6, 6.07) is 7.05. The fraction of sp³-hybridized carbons (Fsp3) is 0.444. The molecule has 1 saturated heterocycles. The van der Waals surface area contributed by atoms with Crippen molar-refractivity contribution in [1.29, 1.82) is 0 Å². The van der Waals surface area contributed by atoms with Gasteiger partial charge in [-0.3, -0.25) is 9.59 Å². The highest BCUT2D eigenvalue weighted by Crippen LogP contribution is 2.24. The lowest BCUT2D eigenvalue weighted by Gasteiger charge is -2.40. The van der Waals surface area contributed by atoms with E-state index in [4.69, 9.17) is 4.74 Å². The largest absolute Gasteiger partial charge is 0.481 e. The Kier molecular flexibility index (Phi) is 4.57. The molecule has 1 unspecified atom stereocenters. The van der Waals surface area contributed by atoms with Crippen LogP contribution >= 0.6 is 0 Å². The summed E-state index contributed by atoms with van der Waals surface area (Å²) in [6.07, 6.45) is -0.610. The minimum atomic E-state index is -0.610. The van der Waals surface area contributed by atoms with Gasteiger partial charge in [-0.15, -0.1) is 0 Å². The van der Waals surface area contributed by atoms with E-state index in [2.05, 4.69) is 10.1 Å². The van der Waals surface area contributed by atoms with Crippen LogP contribution in [0.3, 0.4) is 0 Å². The highest BCUT2D eigenvalue weighted by molar-refractivity contribution is 5.94. The molecule has 0 N–H and O–H groups in total. The molecule has 3 rings (SSSR count). The van der Waals surface area contributed by atoms with Crippen molar-refractivity contribution in [3.63, 3.8) is 0 Å². The number of ketones is 1. The van der Waals surface area contributed by atoms with Gasteiger partial charge in [-0.2, -0.15) is 5.10 Å². The van der Waals surface area contributed by atoms with Crippen LogP contribution in [0.4, 0.5) is 0 Å². The van der Waals surface area contributed by atoms with Gasteiger partial charge in [0.25, 0.3) is 5.91 Å². The fourth-order valence-electron chi connectivity index (χ4n) is 2.97. The van der Waals surface area contributed by atoms with E-state index in [0.717, 1.165) is 11.6 Å². The highest BCUT2D eigenvalue weighted by Gasteiger charge is 2.36. The number of amides is 1. The number of carbonyl (C=O) groups is 2. The second-order valence-corrected chi connectivity index (χ2v) is 6.39. The van der Waals surface area contributed by atoms with Crippen LogP contribution in [-0.2, 0) is 4.79 Å². The Labute approximate surface area is 146 Å². The van der Waals surface area contributed by atoms with E-state index >= 15 is 0 Å². The summed E-state index contributed by atoms with van der Waals surface area (Å²) >= 11 is 0. The summed E-state index contributed by atoms with van der Waals surface area (Å²) in [5, 5.41) is 4.37. The standard InChI is InChI=1S/C18H22N4O3/c1-11(23)15-6-5-7-17(8-15)25-12(2)18(24)21-9-16(10-21)22-14(4)19-13(3)20-22/h5-8,12,16H,9-10H2,1-4H3. The molecule has 1 aliphatic rings. The van der Waals surface area contributed by atoms with Gasteiger partial charge >= 0.3 is 0 Å².